The monoisotopic (exact) mass is 369 g/mol. The van der Waals surface area contributed by atoms with Crippen LogP contribution in [0.1, 0.15) is 47.1 Å². The van der Waals surface area contributed by atoms with Crippen LogP contribution in [0.25, 0.3) is 5.69 Å². The summed E-state index contributed by atoms with van der Waals surface area (Å²) in [5, 5.41) is 7.11. The number of aryl methyl sites for hydroxylation is 1. The lowest BCUT2D eigenvalue weighted by Gasteiger charge is -2.09. The number of nitrogens with zero attached hydrogens (tertiary/aromatic N) is 2. The minimum absolute atomic E-state index is 0.0948. The molecule has 140 valence electrons. The third-order valence-electron chi connectivity index (χ3n) is 4.49. The molecule has 1 heterocycles. The fourth-order valence-corrected chi connectivity index (χ4v) is 3.00. The molecule has 0 fully saturated rings. The molecule has 3 rings (SSSR count). The fourth-order valence-electron chi connectivity index (χ4n) is 3.00. The molecule has 0 radical (unpaired) electrons. The Labute approximate surface area is 156 Å². The Balaban J connectivity index is 1.90. The first-order chi connectivity index (χ1) is 12.8. The summed E-state index contributed by atoms with van der Waals surface area (Å²) in [4.78, 5) is 12.7. The van der Waals surface area contributed by atoms with Gasteiger partial charge in [0.2, 0.25) is 0 Å². The van der Waals surface area contributed by atoms with Crippen LogP contribution in [0.3, 0.4) is 0 Å². The number of hydrogen-bond acceptors (Lipinski definition) is 2. The van der Waals surface area contributed by atoms with Crippen LogP contribution in [0.5, 0.6) is 0 Å². The van der Waals surface area contributed by atoms with Gasteiger partial charge in [-0.05, 0) is 49.6 Å². The Morgan fingerprint density at radius 1 is 1.07 bits per heavy atom. The van der Waals surface area contributed by atoms with Gasteiger partial charge in [0.25, 0.3) is 5.91 Å². The van der Waals surface area contributed by atoms with E-state index in [2.05, 4.69) is 24.3 Å². The van der Waals surface area contributed by atoms with Crippen molar-refractivity contribution in [2.75, 3.05) is 5.32 Å². The lowest BCUT2D eigenvalue weighted by atomic mass is 10.0. The Morgan fingerprint density at radius 3 is 2.33 bits per heavy atom. The Hall–Kier alpha value is -3.02. The van der Waals surface area contributed by atoms with E-state index in [0.717, 1.165) is 12.1 Å². The molecule has 0 atom stereocenters. The van der Waals surface area contributed by atoms with E-state index in [4.69, 9.17) is 0 Å². The van der Waals surface area contributed by atoms with Gasteiger partial charge < -0.3 is 5.32 Å². The first-order valence-electron chi connectivity index (χ1n) is 8.71. The first-order valence-corrected chi connectivity index (χ1v) is 8.71. The average molecular weight is 369 g/mol. The molecule has 3 aromatic rings. The highest BCUT2D eigenvalue weighted by Gasteiger charge is 2.21. The zero-order chi connectivity index (χ0) is 19.7. The maximum atomic E-state index is 14.1. The minimum atomic E-state index is -0.739. The van der Waals surface area contributed by atoms with Gasteiger partial charge in [0.15, 0.2) is 5.82 Å². The van der Waals surface area contributed by atoms with Crippen LogP contribution in [-0.4, -0.2) is 15.7 Å². The van der Waals surface area contributed by atoms with Crippen LogP contribution < -0.4 is 5.32 Å². The van der Waals surface area contributed by atoms with E-state index in [0.29, 0.717) is 28.6 Å². The number of benzene rings is 2. The molecule has 6 heteroatoms. The van der Waals surface area contributed by atoms with Gasteiger partial charge in [-0.25, -0.2) is 13.5 Å². The average Bonchev–Trinajstić information content (AvgIpc) is 2.89. The summed E-state index contributed by atoms with van der Waals surface area (Å²) in [5.74, 6) is -1.32. The normalized spacial score (nSPS) is 11.1. The van der Waals surface area contributed by atoms with Crippen molar-refractivity contribution >= 4 is 11.6 Å². The molecule has 2 aromatic carbocycles. The molecular weight excluding hydrogens is 348 g/mol. The smallest absolute Gasteiger partial charge is 0.259 e. The standard InChI is InChI=1S/C21H21F2N3O/c1-12(2)15-5-8-17(9-6-15)24-21(27)20-13(3)25-26(14(20)4)19-10-7-16(22)11-18(19)23/h5-12H,1-4H3,(H,24,27). The Kier molecular flexibility index (Phi) is 5.08. The highest BCUT2D eigenvalue weighted by Crippen LogP contribution is 2.23. The minimum Gasteiger partial charge on any atom is -0.322 e. The van der Waals surface area contributed by atoms with Crippen LogP contribution in [0.2, 0.25) is 0 Å². The Bertz CT molecular complexity index is 991. The summed E-state index contributed by atoms with van der Waals surface area (Å²) < 4.78 is 28.6. The summed E-state index contributed by atoms with van der Waals surface area (Å²) >= 11 is 0. The second-order valence-corrected chi connectivity index (χ2v) is 6.78. The van der Waals surface area contributed by atoms with E-state index in [1.807, 2.05) is 24.3 Å². The molecule has 1 amide bonds. The van der Waals surface area contributed by atoms with Crippen molar-refractivity contribution in [1.82, 2.24) is 9.78 Å². The highest BCUT2D eigenvalue weighted by molar-refractivity contribution is 6.05. The van der Waals surface area contributed by atoms with Gasteiger partial charge in [0.05, 0.1) is 17.0 Å². The van der Waals surface area contributed by atoms with Gasteiger partial charge in [0, 0.05) is 11.8 Å². The molecule has 4 nitrogen and oxygen atoms in total. The summed E-state index contributed by atoms with van der Waals surface area (Å²) in [6.45, 7) is 7.56. The second kappa shape index (κ2) is 7.31. The number of hydrogen-bond donors (Lipinski definition) is 1. The van der Waals surface area contributed by atoms with Gasteiger partial charge in [-0.2, -0.15) is 5.10 Å². The lowest BCUT2D eigenvalue weighted by molar-refractivity contribution is 0.102. The number of anilines is 1. The van der Waals surface area contributed by atoms with Crippen molar-refractivity contribution in [2.45, 2.75) is 33.6 Å². The predicted molar refractivity (Wildman–Crippen MR) is 101 cm³/mol. The number of rotatable bonds is 4. The number of carbonyl (C=O) groups is 1. The topological polar surface area (TPSA) is 46.9 Å². The molecule has 0 unspecified atom stereocenters. The fraction of sp³-hybridized carbons (Fsp3) is 0.238. The van der Waals surface area contributed by atoms with Gasteiger partial charge in [0.1, 0.15) is 11.5 Å². The van der Waals surface area contributed by atoms with Crippen molar-refractivity contribution in [2.24, 2.45) is 0 Å². The van der Waals surface area contributed by atoms with Crippen molar-refractivity contribution in [3.05, 3.63) is 76.6 Å². The molecule has 0 aliphatic carbocycles. The number of aromatic nitrogens is 2. The first kappa shape index (κ1) is 18.8. The largest absolute Gasteiger partial charge is 0.322 e. The second-order valence-electron chi connectivity index (χ2n) is 6.78. The third-order valence-corrected chi connectivity index (χ3v) is 4.49. The van der Waals surface area contributed by atoms with E-state index in [9.17, 15) is 13.6 Å². The molecule has 0 aliphatic heterocycles. The van der Waals surface area contributed by atoms with Gasteiger partial charge in [-0.15, -0.1) is 0 Å². The molecule has 0 aliphatic rings. The zero-order valence-electron chi connectivity index (χ0n) is 15.7. The molecule has 0 saturated carbocycles. The van der Waals surface area contributed by atoms with E-state index in [1.54, 1.807) is 13.8 Å². The lowest BCUT2D eigenvalue weighted by Crippen LogP contribution is -2.14. The van der Waals surface area contributed by atoms with Crippen LogP contribution in [0.15, 0.2) is 42.5 Å². The van der Waals surface area contributed by atoms with E-state index in [1.165, 1.54) is 16.3 Å². The molecule has 0 spiro atoms. The number of nitrogens with one attached hydrogen (secondary N) is 1. The number of halogens is 2. The maximum Gasteiger partial charge on any atom is 0.259 e. The van der Waals surface area contributed by atoms with E-state index >= 15 is 0 Å². The van der Waals surface area contributed by atoms with Crippen LogP contribution in [0, 0.1) is 25.5 Å². The SMILES string of the molecule is Cc1nn(-c2ccc(F)cc2F)c(C)c1C(=O)Nc1ccc(C(C)C)cc1. The summed E-state index contributed by atoms with van der Waals surface area (Å²) in [6.07, 6.45) is 0. The van der Waals surface area contributed by atoms with E-state index < -0.39 is 11.6 Å². The van der Waals surface area contributed by atoms with Crippen LogP contribution >= 0.6 is 0 Å². The van der Waals surface area contributed by atoms with Gasteiger partial charge in [-0.3, -0.25) is 4.79 Å². The van der Waals surface area contributed by atoms with Crippen molar-refractivity contribution < 1.29 is 13.6 Å². The third kappa shape index (κ3) is 3.74. The summed E-state index contributed by atoms with van der Waals surface area (Å²) in [5.41, 5.74) is 3.26. The molecule has 27 heavy (non-hydrogen) atoms. The van der Waals surface area contributed by atoms with Gasteiger partial charge >= 0.3 is 0 Å². The maximum absolute atomic E-state index is 14.1. The summed E-state index contributed by atoms with van der Waals surface area (Å²) in [7, 11) is 0. The number of amides is 1. The highest BCUT2D eigenvalue weighted by atomic mass is 19.1. The van der Waals surface area contributed by atoms with Gasteiger partial charge in [-0.1, -0.05) is 26.0 Å². The predicted octanol–water partition coefficient (Wildman–Crippen LogP) is 5.14. The van der Waals surface area contributed by atoms with E-state index in [-0.39, 0.29) is 11.6 Å². The number of carbonyl (C=O) groups excluding carboxylic acids is 1. The summed E-state index contributed by atoms with van der Waals surface area (Å²) in [6, 6.07) is 10.9. The van der Waals surface area contributed by atoms with Crippen LogP contribution in [0.4, 0.5) is 14.5 Å². The van der Waals surface area contributed by atoms with Crippen molar-refractivity contribution in [3.8, 4) is 5.69 Å². The molecule has 1 N–H and O–H groups in total. The molecule has 0 bridgehead atoms. The zero-order valence-corrected chi connectivity index (χ0v) is 15.7. The van der Waals surface area contributed by atoms with Crippen LogP contribution in [-0.2, 0) is 0 Å². The van der Waals surface area contributed by atoms with Crippen molar-refractivity contribution in [1.29, 1.82) is 0 Å². The Morgan fingerprint density at radius 2 is 1.74 bits per heavy atom. The molecule has 1 aromatic heterocycles. The molecule has 0 saturated heterocycles. The van der Waals surface area contributed by atoms with Crippen molar-refractivity contribution in [3.63, 3.8) is 0 Å². The molecular formula is C21H21F2N3O. The quantitative estimate of drug-likeness (QED) is 0.692.